The second-order valence-electron chi connectivity index (χ2n) is 4.58. The summed E-state index contributed by atoms with van der Waals surface area (Å²) in [5, 5.41) is 9.18. The molecule has 0 aromatic carbocycles. The average Bonchev–Trinajstić information content (AvgIpc) is 2.77. The van der Waals surface area contributed by atoms with E-state index < -0.39 is 0 Å². The first-order valence-corrected chi connectivity index (χ1v) is 6.19. The van der Waals surface area contributed by atoms with Crippen LogP contribution in [0, 0.1) is 6.92 Å². The summed E-state index contributed by atoms with van der Waals surface area (Å²) in [5.41, 5.74) is 6.55. The molecule has 17 heavy (non-hydrogen) atoms. The molecule has 0 spiro atoms. The van der Waals surface area contributed by atoms with E-state index in [9.17, 15) is 5.11 Å². The number of hydrogen-bond acceptors (Lipinski definition) is 5. The lowest BCUT2D eigenvalue weighted by molar-refractivity contribution is 0.297. The number of aryl methyl sites for hydroxylation is 1. The third kappa shape index (κ3) is 2.85. The number of aromatic nitrogens is 2. The van der Waals surface area contributed by atoms with Gasteiger partial charge in [-0.25, -0.2) is 4.98 Å². The molecule has 2 rings (SSSR count). The molecule has 0 atom stereocenters. The van der Waals surface area contributed by atoms with Gasteiger partial charge in [-0.1, -0.05) is 12.8 Å². The fraction of sp³-hybridized carbons (Fsp3) is 0.667. The van der Waals surface area contributed by atoms with Crippen LogP contribution in [-0.4, -0.2) is 34.3 Å². The van der Waals surface area contributed by atoms with Crippen LogP contribution >= 0.6 is 0 Å². The molecule has 1 saturated carbocycles. The number of rotatable bonds is 4. The van der Waals surface area contributed by atoms with Gasteiger partial charge in [0.1, 0.15) is 5.82 Å². The highest BCUT2D eigenvalue weighted by molar-refractivity contribution is 5.44. The van der Waals surface area contributed by atoms with Gasteiger partial charge < -0.3 is 15.7 Å². The first-order valence-electron chi connectivity index (χ1n) is 6.19. The monoisotopic (exact) mass is 236 g/mol. The topological polar surface area (TPSA) is 75.3 Å². The van der Waals surface area contributed by atoms with E-state index in [-0.39, 0.29) is 6.61 Å². The highest BCUT2D eigenvalue weighted by Gasteiger charge is 2.23. The Hall–Kier alpha value is -1.36. The van der Waals surface area contributed by atoms with Crippen LogP contribution in [0.25, 0.3) is 0 Å². The Kier molecular flexibility index (Phi) is 3.78. The van der Waals surface area contributed by atoms with Crippen molar-refractivity contribution in [3.63, 3.8) is 0 Å². The maximum absolute atomic E-state index is 9.18. The van der Waals surface area contributed by atoms with Crippen molar-refractivity contribution in [2.24, 2.45) is 0 Å². The molecule has 0 bridgehead atoms. The SMILES string of the molecule is Cc1cc(N(CCO)C2CCCC2)nc(N)n1. The van der Waals surface area contributed by atoms with Crippen LogP contribution in [-0.2, 0) is 0 Å². The van der Waals surface area contributed by atoms with Crippen molar-refractivity contribution < 1.29 is 5.11 Å². The van der Waals surface area contributed by atoms with Gasteiger partial charge >= 0.3 is 0 Å². The van der Waals surface area contributed by atoms with Crippen molar-refractivity contribution in [2.45, 2.75) is 38.6 Å². The molecule has 1 heterocycles. The molecule has 1 aromatic heterocycles. The van der Waals surface area contributed by atoms with E-state index >= 15 is 0 Å². The molecule has 0 saturated heterocycles. The minimum absolute atomic E-state index is 0.138. The summed E-state index contributed by atoms with van der Waals surface area (Å²) in [5.74, 6) is 1.15. The zero-order chi connectivity index (χ0) is 12.3. The Bertz CT molecular complexity index is 357. The number of nitrogens with zero attached hydrogens (tertiary/aromatic N) is 3. The lowest BCUT2D eigenvalue weighted by Crippen LogP contribution is -2.36. The predicted molar refractivity (Wildman–Crippen MR) is 67.9 cm³/mol. The molecule has 1 aromatic rings. The second-order valence-corrected chi connectivity index (χ2v) is 4.58. The number of nitrogen functional groups attached to an aromatic ring is 1. The van der Waals surface area contributed by atoms with Gasteiger partial charge in [-0.05, 0) is 19.8 Å². The Morgan fingerprint density at radius 2 is 2.12 bits per heavy atom. The van der Waals surface area contributed by atoms with Crippen LogP contribution in [0.3, 0.4) is 0 Å². The minimum atomic E-state index is 0.138. The first kappa shape index (κ1) is 12.1. The minimum Gasteiger partial charge on any atom is -0.395 e. The molecule has 1 fully saturated rings. The predicted octanol–water partition coefficient (Wildman–Crippen LogP) is 1.11. The molecular formula is C12H20N4O. The number of aliphatic hydroxyl groups excluding tert-OH is 1. The largest absolute Gasteiger partial charge is 0.395 e. The van der Waals surface area contributed by atoms with E-state index in [2.05, 4.69) is 14.9 Å². The summed E-state index contributed by atoms with van der Waals surface area (Å²) in [4.78, 5) is 10.5. The summed E-state index contributed by atoms with van der Waals surface area (Å²) in [6, 6.07) is 2.42. The average molecular weight is 236 g/mol. The third-order valence-corrected chi connectivity index (χ3v) is 3.26. The summed E-state index contributed by atoms with van der Waals surface area (Å²) in [7, 11) is 0. The van der Waals surface area contributed by atoms with Crippen LogP contribution in [0.4, 0.5) is 11.8 Å². The molecular weight excluding hydrogens is 216 g/mol. The quantitative estimate of drug-likeness (QED) is 0.819. The standard InChI is InChI=1S/C12H20N4O/c1-9-8-11(15-12(13)14-9)16(6-7-17)10-4-2-3-5-10/h8,10,17H,2-7H2,1H3,(H2,13,14,15). The first-order chi connectivity index (χ1) is 8.20. The Morgan fingerprint density at radius 3 is 2.71 bits per heavy atom. The molecule has 0 aliphatic heterocycles. The Balaban J connectivity index is 2.24. The molecule has 1 aliphatic carbocycles. The number of anilines is 2. The van der Waals surface area contributed by atoms with Crippen LogP contribution in [0.2, 0.25) is 0 Å². The normalized spacial score (nSPS) is 16.4. The molecule has 5 nitrogen and oxygen atoms in total. The summed E-state index contributed by atoms with van der Waals surface area (Å²) in [6.07, 6.45) is 4.85. The lowest BCUT2D eigenvalue weighted by atomic mass is 10.2. The molecule has 94 valence electrons. The van der Waals surface area contributed by atoms with Crippen molar-refractivity contribution in [1.29, 1.82) is 0 Å². The fourth-order valence-corrected chi connectivity index (χ4v) is 2.53. The van der Waals surface area contributed by atoms with Crippen LogP contribution < -0.4 is 10.6 Å². The Morgan fingerprint density at radius 1 is 1.41 bits per heavy atom. The van der Waals surface area contributed by atoms with E-state index in [0.717, 1.165) is 11.5 Å². The van der Waals surface area contributed by atoms with Gasteiger partial charge in [-0.2, -0.15) is 4.98 Å². The van der Waals surface area contributed by atoms with E-state index in [1.807, 2.05) is 13.0 Å². The van der Waals surface area contributed by atoms with E-state index in [1.54, 1.807) is 0 Å². The second kappa shape index (κ2) is 5.31. The fourth-order valence-electron chi connectivity index (χ4n) is 2.53. The van der Waals surface area contributed by atoms with Gasteiger partial charge in [-0.15, -0.1) is 0 Å². The molecule has 0 radical (unpaired) electrons. The summed E-state index contributed by atoms with van der Waals surface area (Å²) < 4.78 is 0. The van der Waals surface area contributed by atoms with E-state index in [4.69, 9.17) is 5.73 Å². The van der Waals surface area contributed by atoms with Gasteiger partial charge in [0.15, 0.2) is 0 Å². The number of hydrogen-bond donors (Lipinski definition) is 2. The highest BCUT2D eigenvalue weighted by Crippen LogP contribution is 2.27. The highest BCUT2D eigenvalue weighted by atomic mass is 16.3. The maximum Gasteiger partial charge on any atom is 0.222 e. The van der Waals surface area contributed by atoms with Crippen LogP contribution in [0.1, 0.15) is 31.4 Å². The van der Waals surface area contributed by atoms with Gasteiger partial charge in [-0.3, -0.25) is 0 Å². The van der Waals surface area contributed by atoms with Crippen molar-refractivity contribution in [1.82, 2.24) is 9.97 Å². The zero-order valence-electron chi connectivity index (χ0n) is 10.3. The lowest BCUT2D eigenvalue weighted by Gasteiger charge is -2.29. The Labute approximate surface area is 102 Å². The van der Waals surface area contributed by atoms with Crippen molar-refractivity contribution in [3.8, 4) is 0 Å². The van der Waals surface area contributed by atoms with Gasteiger partial charge in [0.05, 0.1) is 6.61 Å². The van der Waals surface area contributed by atoms with Crippen molar-refractivity contribution in [3.05, 3.63) is 11.8 Å². The third-order valence-electron chi connectivity index (χ3n) is 3.26. The van der Waals surface area contributed by atoms with Crippen molar-refractivity contribution in [2.75, 3.05) is 23.8 Å². The smallest absolute Gasteiger partial charge is 0.222 e. The maximum atomic E-state index is 9.18. The molecule has 0 amide bonds. The molecule has 0 unspecified atom stereocenters. The van der Waals surface area contributed by atoms with Gasteiger partial charge in [0.2, 0.25) is 5.95 Å². The number of nitrogens with two attached hydrogens (primary N) is 1. The van der Waals surface area contributed by atoms with Gasteiger partial charge in [0, 0.05) is 24.3 Å². The van der Waals surface area contributed by atoms with E-state index in [0.29, 0.717) is 18.5 Å². The summed E-state index contributed by atoms with van der Waals surface area (Å²) in [6.45, 7) is 2.66. The molecule has 1 aliphatic rings. The zero-order valence-corrected chi connectivity index (χ0v) is 10.3. The van der Waals surface area contributed by atoms with Crippen molar-refractivity contribution >= 4 is 11.8 Å². The van der Waals surface area contributed by atoms with Gasteiger partial charge in [0.25, 0.3) is 0 Å². The number of aliphatic hydroxyl groups is 1. The van der Waals surface area contributed by atoms with Crippen LogP contribution in [0.5, 0.6) is 0 Å². The van der Waals surface area contributed by atoms with E-state index in [1.165, 1.54) is 25.7 Å². The molecule has 5 heteroatoms. The summed E-state index contributed by atoms with van der Waals surface area (Å²) >= 11 is 0. The van der Waals surface area contributed by atoms with Crippen LogP contribution in [0.15, 0.2) is 6.07 Å². The molecule has 3 N–H and O–H groups in total.